The minimum atomic E-state index is 0.172. The van der Waals surface area contributed by atoms with E-state index in [1.54, 1.807) is 0 Å². The summed E-state index contributed by atoms with van der Waals surface area (Å²) in [4.78, 5) is 0. The lowest BCUT2D eigenvalue weighted by Gasteiger charge is -2.09. The first-order valence-electron chi connectivity index (χ1n) is 3.26. The zero-order chi connectivity index (χ0) is 8.69. The van der Waals surface area contributed by atoms with E-state index in [-0.39, 0.29) is 5.11 Å². The minimum absolute atomic E-state index is 0.172. The Bertz CT molecular complexity index is 147. The summed E-state index contributed by atoms with van der Waals surface area (Å²) in [5, 5.41) is 3.60. The van der Waals surface area contributed by atoms with Gasteiger partial charge < -0.3 is 11.1 Å². The molecule has 0 amide bonds. The second-order valence-corrected chi connectivity index (χ2v) is 2.72. The van der Waals surface area contributed by atoms with Crippen LogP contribution in [0.15, 0.2) is 0 Å². The first-order chi connectivity index (χ1) is 5.16. The summed E-state index contributed by atoms with van der Waals surface area (Å²) in [7, 11) is 0. The molecule has 0 aliphatic rings. The van der Waals surface area contributed by atoms with Crippen LogP contribution < -0.4 is 21.9 Å². The van der Waals surface area contributed by atoms with Gasteiger partial charge in [0.2, 0.25) is 0 Å². The Hall–Kier alpha value is -0.620. The summed E-state index contributed by atoms with van der Waals surface area (Å²) in [6.45, 7) is 2.89. The second-order valence-electron chi connectivity index (χ2n) is 1.87. The van der Waals surface area contributed by atoms with E-state index < -0.39 is 0 Å². The number of hydrogen-bond donors (Lipinski definition) is 4. The average molecular weight is 192 g/mol. The molecule has 0 spiro atoms. The van der Waals surface area contributed by atoms with Crippen molar-refractivity contribution >= 4 is 34.7 Å². The molecule has 0 saturated carbocycles. The minimum Gasteiger partial charge on any atom is -0.375 e. The quantitative estimate of drug-likeness (QED) is 0.353. The van der Waals surface area contributed by atoms with E-state index in [1.165, 1.54) is 0 Å². The van der Waals surface area contributed by atoms with Crippen molar-refractivity contribution < 1.29 is 0 Å². The molecule has 0 heterocycles. The molecule has 0 radical (unpaired) electrons. The van der Waals surface area contributed by atoms with Crippen molar-refractivity contribution in [1.82, 2.24) is 16.2 Å². The zero-order valence-corrected chi connectivity index (χ0v) is 7.94. The van der Waals surface area contributed by atoms with E-state index in [0.717, 1.165) is 13.0 Å². The van der Waals surface area contributed by atoms with Crippen LogP contribution in [-0.2, 0) is 0 Å². The Labute approximate surface area is 76.9 Å². The molecule has 0 rings (SSSR count). The number of hydrazine groups is 1. The highest BCUT2D eigenvalue weighted by molar-refractivity contribution is 7.80. The third kappa shape index (κ3) is 7.27. The number of nitrogens with two attached hydrogens (primary N) is 1. The molecule has 0 aromatic heterocycles. The molecule has 0 aromatic carbocycles. The summed E-state index contributed by atoms with van der Waals surface area (Å²) in [6.07, 6.45) is 1.02. The highest BCUT2D eigenvalue weighted by atomic mass is 32.1. The van der Waals surface area contributed by atoms with Gasteiger partial charge in [0.25, 0.3) is 0 Å². The summed E-state index contributed by atoms with van der Waals surface area (Å²) in [5.74, 6) is 0. The van der Waals surface area contributed by atoms with Crippen LogP contribution in [0.1, 0.15) is 13.3 Å². The van der Waals surface area contributed by atoms with Gasteiger partial charge in [0.1, 0.15) is 0 Å². The fourth-order valence-electron chi connectivity index (χ4n) is 0.401. The van der Waals surface area contributed by atoms with E-state index in [0.29, 0.717) is 5.11 Å². The number of nitrogens with one attached hydrogen (secondary N) is 3. The molecule has 6 heteroatoms. The monoisotopic (exact) mass is 192 g/mol. The summed E-state index contributed by atoms with van der Waals surface area (Å²) < 4.78 is 0. The van der Waals surface area contributed by atoms with Crippen molar-refractivity contribution in [2.24, 2.45) is 5.73 Å². The van der Waals surface area contributed by atoms with Crippen LogP contribution in [0.25, 0.3) is 0 Å². The van der Waals surface area contributed by atoms with Crippen LogP contribution >= 0.6 is 24.4 Å². The van der Waals surface area contributed by atoms with Gasteiger partial charge in [0.05, 0.1) is 0 Å². The van der Waals surface area contributed by atoms with E-state index in [4.69, 9.17) is 18.0 Å². The summed E-state index contributed by atoms with van der Waals surface area (Å²) >= 11 is 9.38. The van der Waals surface area contributed by atoms with Crippen molar-refractivity contribution in [1.29, 1.82) is 0 Å². The first kappa shape index (κ1) is 10.4. The number of rotatable bonds is 2. The Morgan fingerprint density at radius 3 is 2.45 bits per heavy atom. The summed E-state index contributed by atoms with van der Waals surface area (Å²) in [5.41, 5.74) is 10.3. The number of hydrogen-bond acceptors (Lipinski definition) is 2. The molecule has 0 aromatic rings. The van der Waals surface area contributed by atoms with Crippen molar-refractivity contribution in [3.63, 3.8) is 0 Å². The lowest BCUT2D eigenvalue weighted by Crippen LogP contribution is -2.48. The molecule has 0 aliphatic heterocycles. The van der Waals surface area contributed by atoms with Crippen LogP contribution in [0, 0.1) is 0 Å². The van der Waals surface area contributed by atoms with Crippen molar-refractivity contribution in [2.75, 3.05) is 6.54 Å². The molecule has 0 saturated heterocycles. The average Bonchev–Trinajstić information content (AvgIpc) is 1.97. The highest BCUT2D eigenvalue weighted by Gasteiger charge is 1.90. The van der Waals surface area contributed by atoms with Crippen LogP contribution in [0.4, 0.5) is 0 Å². The van der Waals surface area contributed by atoms with Crippen LogP contribution in [0.5, 0.6) is 0 Å². The predicted molar refractivity (Wildman–Crippen MR) is 53.9 cm³/mol. The lowest BCUT2D eigenvalue weighted by molar-refractivity contribution is 0.782. The van der Waals surface area contributed by atoms with Gasteiger partial charge >= 0.3 is 0 Å². The van der Waals surface area contributed by atoms with E-state index in [9.17, 15) is 0 Å². The van der Waals surface area contributed by atoms with Gasteiger partial charge in [0.15, 0.2) is 10.2 Å². The van der Waals surface area contributed by atoms with E-state index in [2.05, 4.69) is 35.3 Å². The van der Waals surface area contributed by atoms with Gasteiger partial charge in [-0.15, -0.1) is 0 Å². The van der Waals surface area contributed by atoms with Gasteiger partial charge in [-0.3, -0.25) is 10.9 Å². The Balaban J connectivity index is 3.30. The molecular formula is C5H12N4S2. The summed E-state index contributed by atoms with van der Waals surface area (Å²) in [6, 6.07) is 0. The van der Waals surface area contributed by atoms with E-state index in [1.807, 2.05) is 0 Å². The molecule has 4 nitrogen and oxygen atoms in total. The topological polar surface area (TPSA) is 62.1 Å². The largest absolute Gasteiger partial charge is 0.375 e. The smallest absolute Gasteiger partial charge is 0.185 e. The van der Waals surface area contributed by atoms with Gasteiger partial charge in [-0.25, -0.2) is 0 Å². The molecule has 0 unspecified atom stereocenters. The predicted octanol–water partition coefficient (Wildman–Crippen LogP) is -0.391. The third-order valence-corrected chi connectivity index (χ3v) is 1.18. The third-order valence-electron chi connectivity index (χ3n) is 0.835. The molecule has 0 fully saturated rings. The SMILES string of the molecule is CCCNC(=S)NNC(N)=S. The van der Waals surface area contributed by atoms with Gasteiger partial charge in [-0.2, -0.15) is 0 Å². The van der Waals surface area contributed by atoms with Gasteiger partial charge in [-0.1, -0.05) is 6.92 Å². The van der Waals surface area contributed by atoms with Crippen LogP contribution in [0.2, 0.25) is 0 Å². The maximum atomic E-state index is 5.14. The standard InChI is InChI=1S/C5H12N4S2/c1-2-3-7-5(11)9-8-4(6)10/h2-3H2,1H3,(H3,6,8,10)(H2,7,9,11). The van der Waals surface area contributed by atoms with Crippen molar-refractivity contribution in [2.45, 2.75) is 13.3 Å². The van der Waals surface area contributed by atoms with Crippen LogP contribution in [-0.4, -0.2) is 16.8 Å². The molecule has 0 bridgehead atoms. The molecule has 5 N–H and O–H groups in total. The van der Waals surface area contributed by atoms with Gasteiger partial charge in [-0.05, 0) is 30.9 Å². The fraction of sp³-hybridized carbons (Fsp3) is 0.600. The lowest BCUT2D eigenvalue weighted by atomic mass is 10.5. The maximum absolute atomic E-state index is 5.14. The second kappa shape index (κ2) is 6.11. The fourth-order valence-corrected chi connectivity index (χ4v) is 0.605. The Morgan fingerprint density at radius 2 is 2.00 bits per heavy atom. The van der Waals surface area contributed by atoms with Crippen molar-refractivity contribution in [3.8, 4) is 0 Å². The molecular weight excluding hydrogens is 180 g/mol. The molecule has 11 heavy (non-hydrogen) atoms. The Morgan fingerprint density at radius 1 is 1.36 bits per heavy atom. The number of thiocarbonyl (C=S) groups is 2. The molecule has 0 atom stereocenters. The van der Waals surface area contributed by atoms with Crippen molar-refractivity contribution in [3.05, 3.63) is 0 Å². The van der Waals surface area contributed by atoms with Gasteiger partial charge in [0, 0.05) is 6.54 Å². The Kier molecular flexibility index (Phi) is 5.77. The molecule has 64 valence electrons. The normalized spacial score (nSPS) is 8.45. The van der Waals surface area contributed by atoms with Crippen LogP contribution in [0.3, 0.4) is 0 Å². The highest BCUT2D eigenvalue weighted by Crippen LogP contribution is 1.69. The van der Waals surface area contributed by atoms with E-state index >= 15 is 0 Å². The first-order valence-corrected chi connectivity index (χ1v) is 4.07. The maximum Gasteiger partial charge on any atom is 0.185 e. The zero-order valence-electron chi connectivity index (χ0n) is 6.31. The molecule has 0 aliphatic carbocycles.